The number of alkyl halides is 5. The third-order valence-electron chi connectivity index (χ3n) is 8.31. The van der Waals surface area contributed by atoms with E-state index in [0.29, 0.717) is 61.0 Å². The fraction of sp³-hybridized carbons (Fsp3) is 0.552. The average molecular weight is 584 g/mol. The van der Waals surface area contributed by atoms with Gasteiger partial charge in [0.05, 0.1) is 12.2 Å². The van der Waals surface area contributed by atoms with Gasteiger partial charge in [-0.05, 0) is 92.8 Å². The number of nitrogens with zero attached hydrogens (tertiary/aromatic N) is 1. The predicted octanol–water partition coefficient (Wildman–Crippen LogP) is 6.51. The molecule has 0 radical (unpaired) electrons. The van der Waals surface area contributed by atoms with E-state index in [1.165, 1.54) is 17.7 Å². The molecule has 5 nitrogen and oxygen atoms in total. The van der Waals surface area contributed by atoms with Crippen LogP contribution in [0.15, 0.2) is 53.4 Å². The molecule has 5 rings (SSSR count). The first-order valence-electron chi connectivity index (χ1n) is 13.8. The minimum absolute atomic E-state index is 0.0906. The van der Waals surface area contributed by atoms with Gasteiger partial charge in [-0.1, -0.05) is 25.0 Å². The van der Waals surface area contributed by atoms with Gasteiger partial charge in [-0.3, -0.25) is 4.79 Å². The first kappa shape index (κ1) is 29.1. The molecule has 11 heteroatoms. The molecule has 2 aliphatic heterocycles. The van der Waals surface area contributed by atoms with Crippen molar-refractivity contribution in [2.24, 2.45) is 11.7 Å². The van der Waals surface area contributed by atoms with E-state index in [-0.39, 0.29) is 18.1 Å². The average Bonchev–Trinajstić information content (AvgIpc) is 3.53. The highest BCUT2D eigenvalue weighted by Crippen LogP contribution is 2.41. The van der Waals surface area contributed by atoms with Crippen molar-refractivity contribution in [3.8, 4) is 5.75 Å². The van der Waals surface area contributed by atoms with Crippen LogP contribution in [0.25, 0.3) is 0 Å². The monoisotopic (exact) mass is 583 g/mol. The van der Waals surface area contributed by atoms with Crippen LogP contribution in [0, 0.1) is 5.92 Å². The van der Waals surface area contributed by atoms with Crippen molar-refractivity contribution in [2.75, 3.05) is 6.61 Å². The highest BCUT2D eigenvalue weighted by Gasteiger charge is 2.52. The van der Waals surface area contributed by atoms with Crippen molar-refractivity contribution in [3.05, 3.63) is 59.7 Å². The van der Waals surface area contributed by atoms with Crippen LogP contribution in [0.1, 0.15) is 62.5 Å². The molecule has 3 fully saturated rings. The molecule has 2 saturated heterocycles. The number of carbonyl (C=O) groups excluding carboxylic acids is 1. The Balaban J connectivity index is 1.33. The topological polar surface area (TPSA) is 67.6 Å². The van der Waals surface area contributed by atoms with Crippen LogP contribution in [-0.4, -0.2) is 41.6 Å². The van der Waals surface area contributed by atoms with Crippen LogP contribution < -0.4 is 15.2 Å². The summed E-state index contributed by atoms with van der Waals surface area (Å²) in [6.07, 6.45) is 2.56. The van der Waals surface area contributed by atoms with Gasteiger partial charge in [-0.2, -0.15) is 22.0 Å². The highest BCUT2D eigenvalue weighted by atomic mass is 32.2. The van der Waals surface area contributed by atoms with Crippen LogP contribution in [0.2, 0.25) is 0 Å². The van der Waals surface area contributed by atoms with Gasteiger partial charge in [-0.15, -0.1) is 0 Å². The Labute approximate surface area is 235 Å². The number of amides is 1. The number of nitrogens with one attached hydrogen (secondary N) is 1. The summed E-state index contributed by atoms with van der Waals surface area (Å²) in [6, 6.07) is 7.15. The number of ether oxygens (including phenoxy) is 1. The number of hydrogen-bond acceptors (Lipinski definition) is 5. The number of nitrogens with two attached hydrogens (primary N) is 1. The van der Waals surface area contributed by atoms with Crippen molar-refractivity contribution >= 4 is 17.9 Å². The summed E-state index contributed by atoms with van der Waals surface area (Å²) in [4.78, 5) is 15.9. The summed E-state index contributed by atoms with van der Waals surface area (Å²) < 4.78 is 79.6. The van der Waals surface area contributed by atoms with Crippen LogP contribution >= 0.6 is 11.9 Å². The van der Waals surface area contributed by atoms with Crippen molar-refractivity contribution < 1.29 is 31.5 Å². The lowest BCUT2D eigenvalue weighted by molar-refractivity contribution is -0.149. The SMILES string of the molecule is NC1CC2CCC(C1)N2C(=O)C(NSc1ccc(OCC2CCCC2)cc1)C(F)(F)c1ccc(C(F)(F)F)cc1. The minimum atomic E-state index is -4.66. The number of rotatable bonds is 9. The zero-order chi connectivity index (χ0) is 28.5. The van der Waals surface area contributed by atoms with E-state index in [0.717, 1.165) is 36.9 Å². The molecular formula is C29H34F5N3O2S. The Morgan fingerprint density at radius 3 is 2.08 bits per heavy atom. The zero-order valence-electron chi connectivity index (χ0n) is 22.0. The number of carbonyl (C=O) groups is 1. The van der Waals surface area contributed by atoms with Crippen molar-refractivity contribution in [1.82, 2.24) is 9.62 Å². The normalized spacial score (nSPS) is 24.4. The Morgan fingerprint density at radius 2 is 1.50 bits per heavy atom. The van der Waals surface area contributed by atoms with Gasteiger partial charge in [0.2, 0.25) is 5.91 Å². The van der Waals surface area contributed by atoms with Crippen molar-refractivity contribution in [3.63, 3.8) is 0 Å². The van der Waals surface area contributed by atoms with Crippen LogP contribution in [0.5, 0.6) is 5.75 Å². The van der Waals surface area contributed by atoms with Gasteiger partial charge in [0.1, 0.15) is 5.75 Å². The first-order chi connectivity index (χ1) is 19.0. The number of benzene rings is 2. The van der Waals surface area contributed by atoms with Crippen molar-refractivity contribution in [1.29, 1.82) is 0 Å². The van der Waals surface area contributed by atoms with Gasteiger partial charge in [-0.25, -0.2) is 4.72 Å². The predicted molar refractivity (Wildman–Crippen MR) is 143 cm³/mol. The summed E-state index contributed by atoms with van der Waals surface area (Å²) in [6.45, 7) is 0.641. The number of hydrogen-bond donors (Lipinski definition) is 2. The van der Waals surface area contributed by atoms with Crippen LogP contribution in [0.4, 0.5) is 22.0 Å². The molecular weight excluding hydrogens is 549 g/mol. The van der Waals surface area contributed by atoms with Gasteiger partial charge in [0.25, 0.3) is 5.92 Å². The summed E-state index contributed by atoms with van der Waals surface area (Å²) in [5.41, 5.74) is 4.42. The lowest BCUT2D eigenvalue weighted by atomic mass is 9.94. The summed E-state index contributed by atoms with van der Waals surface area (Å²) >= 11 is 0.888. The Hall–Kier alpha value is -2.37. The first-order valence-corrected chi connectivity index (χ1v) is 14.6. The maximum atomic E-state index is 16.0. The van der Waals surface area contributed by atoms with Gasteiger partial charge in [0.15, 0.2) is 6.04 Å². The van der Waals surface area contributed by atoms with E-state index in [2.05, 4.69) is 4.72 Å². The van der Waals surface area contributed by atoms with E-state index >= 15 is 8.78 Å². The second-order valence-electron chi connectivity index (χ2n) is 11.1. The molecule has 1 aliphatic carbocycles. The Morgan fingerprint density at radius 1 is 0.925 bits per heavy atom. The molecule has 3 atom stereocenters. The van der Waals surface area contributed by atoms with E-state index in [4.69, 9.17) is 10.5 Å². The molecule has 2 aromatic carbocycles. The van der Waals surface area contributed by atoms with E-state index in [1.54, 1.807) is 24.3 Å². The standard InChI is InChI=1S/C29H34F5N3O2S/c30-28(31,19-5-7-20(8-6-19)29(32,33)34)26(27(38)37-22-9-10-23(37)16-21(35)15-22)36-40-25-13-11-24(12-14-25)39-17-18-3-1-2-4-18/h5-8,11-14,18,21-23,26,36H,1-4,9-10,15-17,35H2. The lowest BCUT2D eigenvalue weighted by Gasteiger charge is -2.41. The second-order valence-corrected chi connectivity index (χ2v) is 12.1. The molecule has 218 valence electrons. The van der Waals surface area contributed by atoms with Crippen LogP contribution in [-0.2, 0) is 16.9 Å². The smallest absolute Gasteiger partial charge is 0.416 e. The van der Waals surface area contributed by atoms with E-state index in [9.17, 15) is 18.0 Å². The van der Waals surface area contributed by atoms with Gasteiger partial charge >= 0.3 is 6.18 Å². The summed E-state index contributed by atoms with van der Waals surface area (Å²) in [7, 11) is 0. The number of piperidine rings is 1. The third-order valence-corrected chi connectivity index (χ3v) is 9.17. The summed E-state index contributed by atoms with van der Waals surface area (Å²) in [5.74, 6) is -3.32. The van der Waals surface area contributed by atoms with E-state index < -0.39 is 35.2 Å². The molecule has 2 aromatic rings. The van der Waals surface area contributed by atoms with Gasteiger partial charge in [0, 0.05) is 28.6 Å². The minimum Gasteiger partial charge on any atom is -0.493 e. The molecule has 2 bridgehead atoms. The molecule has 3 aliphatic rings. The fourth-order valence-electron chi connectivity index (χ4n) is 6.18. The molecule has 1 saturated carbocycles. The third kappa shape index (κ3) is 6.41. The molecule has 3 N–H and O–H groups in total. The summed E-state index contributed by atoms with van der Waals surface area (Å²) in [5, 5.41) is 0. The Bertz CT molecular complexity index is 1140. The Kier molecular flexibility index (Phi) is 8.63. The molecule has 0 spiro atoms. The van der Waals surface area contributed by atoms with Crippen LogP contribution in [0.3, 0.4) is 0 Å². The largest absolute Gasteiger partial charge is 0.493 e. The molecule has 3 unspecified atom stereocenters. The maximum absolute atomic E-state index is 16.0. The lowest BCUT2D eigenvalue weighted by Crippen LogP contribution is -2.58. The number of halogens is 5. The molecule has 2 heterocycles. The molecule has 40 heavy (non-hydrogen) atoms. The second kappa shape index (κ2) is 11.9. The van der Waals surface area contributed by atoms with E-state index in [1.807, 2.05) is 0 Å². The molecule has 0 aromatic heterocycles. The highest BCUT2D eigenvalue weighted by molar-refractivity contribution is 7.97. The maximum Gasteiger partial charge on any atom is 0.416 e. The quantitative estimate of drug-likeness (QED) is 0.260. The van der Waals surface area contributed by atoms with Crippen molar-refractivity contribution in [2.45, 2.75) is 92.5 Å². The fourth-order valence-corrected chi connectivity index (χ4v) is 6.95. The van der Waals surface area contributed by atoms with Gasteiger partial charge < -0.3 is 15.4 Å². The molecule has 1 amide bonds. The number of fused-ring (bicyclic) bond motifs is 2. The zero-order valence-corrected chi connectivity index (χ0v) is 22.8.